The van der Waals surface area contributed by atoms with E-state index in [2.05, 4.69) is 19.2 Å². The van der Waals surface area contributed by atoms with Gasteiger partial charge in [0.1, 0.15) is 0 Å². The summed E-state index contributed by atoms with van der Waals surface area (Å²) >= 11 is 0. The van der Waals surface area contributed by atoms with Gasteiger partial charge in [-0.2, -0.15) is 0 Å². The van der Waals surface area contributed by atoms with Gasteiger partial charge < -0.3 is 10.2 Å². The second-order valence-corrected chi connectivity index (χ2v) is 7.30. The van der Waals surface area contributed by atoms with Gasteiger partial charge in [0.15, 0.2) is 0 Å². The molecule has 0 bridgehead atoms. The lowest BCUT2D eigenvalue weighted by Gasteiger charge is -2.34. The van der Waals surface area contributed by atoms with Crippen LogP contribution in [-0.2, 0) is 9.59 Å². The Balaban J connectivity index is 1.52. The van der Waals surface area contributed by atoms with E-state index in [1.807, 2.05) is 35.2 Å². The monoisotopic (exact) mass is 328 g/mol. The van der Waals surface area contributed by atoms with Crippen LogP contribution in [0.2, 0.25) is 0 Å². The van der Waals surface area contributed by atoms with Crippen LogP contribution in [0.25, 0.3) is 0 Å². The number of nitrogens with one attached hydrogen (secondary N) is 1. The first-order chi connectivity index (χ1) is 11.6. The smallest absolute Gasteiger partial charge is 0.230 e. The number of likely N-dealkylation sites (tertiary alicyclic amines) is 1. The molecule has 24 heavy (non-hydrogen) atoms. The van der Waals surface area contributed by atoms with Gasteiger partial charge >= 0.3 is 0 Å². The van der Waals surface area contributed by atoms with Gasteiger partial charge in [-0.25, -0.2) is 0 Å². The highest BCUT2D eigenvalue weighted by atomic mass is 16.2. The van der Waals surface area contributed by atoms with Crippen LogP contribution < -0.4 is 5.32 Å². The Morgan fingerprint density at radius 1 is 1.21 bits per heavy atom. The molecule has 2 amide bonds. The maximum Gasteiger partial charge on any atom is 0.230 e. The Kier molecular flexibility index (Phi) is 5.22. The van der Waals surface area contributed by atoms with Crippen molar-refractivity contribution in [3.05, 3.63) is 35.9 Å². The van der Waals surface area contributed by atoms with Crippen LogP contribution in [0, 0.1) is 11.8 Å². The highest BCUT2D eigenvalue weighted by molar-refractivity contribution is 5.84. The number of rotatable bonds is 5. The Hall–Kier alpha value is -1.84. The molecule has 4 nitrogen and oxygen atoms in total. The molecule has 3 rings (SSSR count). The topological polar surface area (TPSA) is 49.4 Å². The fourth-order valence-electron chi connectivity index (χ4n) is 3.70. The molecule has 2 aliphatic rings. The molecule has 1 aliphatic carbocycles. The van der Waals surface area contributed by atoms with Crippen LogP contribution in [-0.4, -0.2) is 35.8 Å². The lowest BCUT2D eigenvalue weighted by Crippen LogP contribution is -2.48. The van der Waals surface area contributed by atoms with E-state index in [9.17, 15) is 9.59 Å². The molecule has 130 valence electrons. The summed E-state index contributed by atoms with van der Waals surface area (Å²) in [6.07, 6.45) is 3.57. The highest BCUT2D eigenvalue weighted by Crippen LogP contribution is 2.38. The SMILES string of the molecule is CC[C@H](C(=O)N1CCC(NC(=O)[C@@H]2C[C@@H]2C)CC1)c1ccccc1. The second-order valence-electron chi connectivity index (χ2n) is 7.30. The Bertz CT molecular complexity index is 579. The maximum atomic E-state index is 12.9. The van der Waals surface area contributed by atoms with Crippen molar-refractivity contribution in [2.75, 3.05) is 13.1 Å². The lowest BCUT2D eigenvalue weighted by molar-refractivity contribution is -0.134. The molecule has 0 radical (unpaired) electrons. The molecule has 0 aromatic heterocycles. The molecular formula is C20H28N2O2. The van der Waals surface area contributed by atoms with Gasteiger partial charge in [-0.15, -0.1) is 0 Å². The minimum absolute atomic E-state index is 0.0512. The van der Waals surface area contributed by atoms with Crippen molar-refractivity contribution >= 4 is 11.8 Å². The first-order valence-electron chi connectivity index (χ1n) is 9.24. The first kappa shape index (κ1) is 17.0. The fourth-order valence-corrected chi connectivity index (χ4v) is 3.70. The summed E-state index contributed by atoms with van der Waals surface area (Å²) in [5.74, 6) is 1.16. The predicted octanol–water partition coefficient (Wildman–Crippen LogP) is 2.94. The van der Waals surface area contributed by atoms with Crippen LogP contribution >= 0.6 is 0 Å². The van der Waals surface area contributed by atoms with Gasteiger partial charge in [-0.05, 0) is 37.2 Å². The Morgan fingerprint density at radius 2 is 1.83 bits per heavy atom. The van der Waals surface area contributed by atoms with Crippen LogP contribution in [0.3, 0.4) is 0 Å². The number of carbonyl (C=O) groups excluding carboxylic acids is 2. The molecule has 1 aromatic rings. The predicted molar refractivity (Wildman–Crippen MR) is 94.5 cm³/mol. The minimum Gasteiger partial charge on any atom is -0.353 e. The summed E-state index contributed by atoms with van der Waals surface area (Å²) in [5, 5.41) is 3.17. The molecule has 1 saturated carbocycles. The average molecular weight is 328 g/mol. The zero-order chi connectivity index (χ0) is 17.1. The van der Waals surface area contributed by atoms with Crippen molar-refractivity contribution in [3.8, 4) is 0 Å². The third-order valence-electron chi connectivity index (χ3n) is 5.51. The summed E-state index contributed by atoms with van der Waals surface area (Å²) in [7, 11) is 0. The van der Waals surface area contributed by atoms with E-state index in [0.29, 0.717) is 5.92 Å². The van der Waals surface area contributed by atoms with E-state index in [4.69, 9.17) is 0 Å². The molecule has 0 unspecified atom stereocenters. The van der Waals surface area contributed by atoms with Gasteiger partial charge in [0, 0.05) is 25.0 Å². The van der Waals surface area contributed by atoms with Crippen LogP contribution in [0.5, 0.6) is 0 Å². The van der Waals surface area contributed by atoms with Gasteiger partial charge in [0.05, 0.1) is 5.92 Å². The van der Waals surface area contributed by atoms with Crippen molar-refractivity contribution in [1.82, 2.24) is 10.2 Å². The van der Waals surface area contributed by atoms with Gasteiger partial charge in [0.2, 0.25) is 11.8 Å². The number of benzene rings is 1. The Morgan fingerprint density at radius 3 is 2.38 bits per heavy atom. The molecule has 1 aliphatic heterocycles. The average Bonchev–Trinajstić information content (AvgIpc) is 3.34. The van der Waals surface area contributed by atoms with Crippen LogP contribution in [0.1, 0.15) is 51.0 Å². The van der Waals surface area contributed by atoms with Crippen LogP contribution in [0.4, 0.5) is 0 Å². The van der Waals surface area contributed by atoms with Crippen molar-refractivity contribution < 1.29 is 9.59 Å². The third-order valence-corrected chi connectivity index (χ3v) is 5.51. The number of carbonyl (C=O) groups is 2. The highest BCUT2D eigenvalue weighted by Gasteiger charge is 2.40. The molecule has 1 N–H and O–H groups in total. The normalized spacial score (nSPS) is 25.2. The van der Waals surface area contributed by atoms with E-state index in [1.54, 1.807) is 0 Å². The molecule has 3 atom stereocenters. The zero-order valence-electron chi connectivity index (χ0n) is 14.7. The van der Waals surface area contributed by atoms with Gasteiger partial charge in [-0.1, -0.05) is 44.2 Å². The lowest BCUT2D eigenvalue weighted by atomic mass is 9.93. The minimum atomic E-state index is -0.0512. The molecule has 4 heteroatoms. The molecule has 0 spiro atoms. The molecule has 2 fully saturated rings. The number of hydrogen-bond donors (Lipinski definition) is 1. The molecule has 1 aromatic carbocycles. The van der Waals surface area contributed by atoms with Crippen molar-refractivity contribution in [2.45, 2.75) is 51.5 Å². The maximum absolute atomic E-state index is 12.9. The number of hydrogen-bond acceptors (Lipinski definition) is 2. The summed E-state index contributed by atoms with van der Waals surface area (Å²) in [5.41, 5.74) is 1.10. The van der Waals surface area contributed by atoms with Crippen molar-refractivity contribution in [1.29, 1.82) is 0 Å². The first-order valence-corrected chi connectivity index (χ1v) is 9.24. The zero-order valence-corrected chi connectivity index (χ0v) is 14.7. The van der Waals surface area contributed by atoms with E-state index in [-0.39, 0.29) is 29.7 Å². The molecular weight excluding hydrogens is 300 g/mol. The molecule has 1 heterocycles. The largest absolute Gasteiger partial charge is 0.353 e. The number of amides is 2. The van der Waals surface area contributed by atoms with E-state index in [0.717, 1.165) is 44.3 Å². The number of nitrogens with zero attached hydrogens (tertiary/aromatic N) is 1. The standard InChI is InChI=1S/C20H28N2O2/c1-3-17(15-7-5-4-6-8-15)20(24)22-11-9-16(10-12-22)21-19(23)18-13-14(18)2/h4-8,14,16-18H,3,9-13H2,1-2H3,(H,21,23)/t14-,17-,18+/m0/s1. The van der Waals surface area contributed by atoms with Crippen LogP contribution in [0.15, 0.2) is 30.3 Å². The summed E-state index contributed by atoms with van der Waals surface area (Å²) < 4.78 is 0. The van der Waals surface area contributed by atoms with Gasteiger partial charge in [0.25, 0.3) is 0 Å². The van der Waals surface area contributed by atoms with E-state index >= 15 is 0 Å². The Labute approximate surface area is 144 Å². The quantitative estimate of drug-likeness (QED) is 0.903. The fraction of sp³-hybridized carbons (Fsp3) is 0.600. The third kappa shape index (κ3) is 3.80. The van der Waals surface area contributed by atoms with E-state index in [1.165, 1.54) is 0 Å². The van der Waals surface area contributed by atoms with Crippen molar-refractivity contribution in [3.63, 3.8) is 0 Å². The summed E-state index contributed by atoms with van der Waals surface area (Å²) in [6, 6.07) is 10.3. The summed E-state index contributed by atoms with van der Waals surface area (Å²) in [6.45, 7) is 5.68. The van der Waals surface area contributed by atoms with E-state index < -0.39 is 0 Å². The van der Waals surface area contributed by atoms with Gasteiger partial charge in [-0.3, -0.25) is 9.59 Å². The number of piperidine rings is 1. The summed E-state index contributed by atoms with van der Waals surface area (Å²) in [4.78, 5) is 26.9. The van der Waals surface area contributed by atoms with Crippen molar-refractivity contribution in [2.24, 2.45) is 11.8 Å². The second kappa shape index (κ2) is 7.37. The molecule has 1 saturated heterocycles.